The summed E-state index contributed by atoms with van der Waals surface area (Å²) in [5.74, 6) is -1.49. The number of phenolic OH excluding ortho intramolecular Hbond substituents is 2. The van der Waals surface area contributed by atoms with Gasteiger partial charge >= 0.3 is 0 Å². The summed E-state index contributed by atoms with van der Waals surface area (Å²) in [7, 11) is 0. The predicted octanol–water partition coefficient (Wildman–Crippen LogP) is 1.23. The van der Waals surface area contributed by atoms with Crippen LogP contribution in [0.2, 0.25) is 0 Å². The summed E-state index contributed by atoms with van der Waals surface area (Å²) >= 11 is 0. The maximum absolute atomic E-state index is 11.7. The molecule has 2 rings (SSSR count). The van der Waals surface area contributed by atoms with Gasteiger partial charge in [-0.2, -0.15) is 10.2 Å². The third-order valence-corrected chi connectivity index (χ3v) is 2.85. The number of carbonyl (C=O) groups is 2. The first-order chi connectivity index (χ1) is 11.6. The van der Waals surface area contributed by atoms with E-state index in [2.05, 4.69) is 21.1 Å². The molecule has 0 unspecified atom stereocenters. The van der Waals surface area contributed by atoms with Gasteiger partial charge in [0.05, 0.1) is 23.6 Å². The number of hydrazone groups is 2. The summed E-state index contributed by atoms with van der Waals surface area (Å²) in [5.41, 5.74) is 4.56. The van der Waals surface area contributed by atoms with E-state index in [1.54, 1.807) is 24.3 Å². The lowest BCUT2D eigenvalue weighted by atomic mass is 10.2. The molecule has 0 heterocycles. The second kappa shape index (κ2) is 8.08. The molecule has 0 spiro atoms. The van der Waals surface area contributed by atoms with Crippen LogP contribution in [0.4, 0.5) is 0 Å². The van der Waals surface area contributed by atoms with Gasteiger partial charge in [0.2, 0.25) is 0 Å². The van der Waals surface area contributed by atoms with Gasteiger partial charge in [-0.15, -0.1) is 0 Å². The third-order valence-electron chi connectivity index (χ3n) is 2.85. The first-order valence-electron chi connectivity index (χ1n) is 6.81. The lowest BCUT2D eigenvalue weighted by molar-refractivity contribution is 0.0943. The maximum Gasteiger partial charge on any atom is 0.275 e. The van der Waals surface area contributed by atoms with Crippen LogP contribution >= 0.6 is 0 Å². The average Bonchev–Trinajstić information content (AvgIpc) is 2.58. The zero-order chi connectivity index (χ0) is 17.4. The highest BCUT2D eigenvalue weighted by Crippen LogP contribution is 2.15. The molecule has 122 valence electrons. The number of para-hydroxylation sites is 2. The molecule has 2 amide bonds. The highest BCUT2D eigenvalue weighted by molar-refractivity contribution is 6.16. The van der Waals surface area contributed by atoms with Gasteiger partial charge in [0.25, 0.3) is 11.8 Å². The van der Waals surface area contributed by atoms with Crippen LogP contribution in [0.25, 0.3) is 0 Å². The van der Waals surface area contributed by atoms with Crippen molar-refractivity contribution in [3.63, 3.8) is 0 Å². The fraction of sp³-hybridized carbons (Fsp3) is 0. The first-order valence-corrected chi connectivity index (χ1v) is 6.81. The zero-order valence-electron chi connectivity index (χ0n) is 12.4. The molecule has 2 aromatic rings. The van der Waals surface area contributed by atoms with Crippen molar-refractivity contribution in [2.24, 2.45) is 10.2 Å². The smallest absolute Gasteiger partial charge is 0.275 e. The minimum Gasteiger partial charge on any atom is -0.507 e. The molecular formula is C16H14N4O4. The Labute approximate surface area is 137 Å². The van der Waals surface area contributed by atoms with Crippen LogP contribution in [0.3, 0.4) is 0 Å². The largest absolute Gasteiger partial charge is 0.507 e. The summed E-state index contributed by atoms with van der Waals surface area (Å²) in [4.78, 5) is 23.4. The number of benzene rings is 2. The van der Waals surface area contributed by atoms with Crippen molar-refractivity contribution in [3.05, 3.63) is 59.7 Å². The van der Waals surface area contributed by atoms with Crippen molar-refractivity contribution in [1.82, 2.24) is 10.9 Å². The second-order valence-corrected chi connectivity index (χ2v) is 4.47. The molecule has 4 N–H and O–H groups in total. The predicted molar refractivity (Wildman–Crippen MR) is 88.1 cm³/mol. The number of rotatable bonds is 5. The molecule has 0 saturated heterocycles. The molecule has 0 aliphatic rings. The molecule has 8 nitrogen and oxygen atoms in total. The fourth-order valence-electron chi connectivity index (χ4n) is 1.71. The van der Waals surface area contributed by atoms with E-state index in [1.807, 2.05) is 0 Å². The molecule has 0 aromatic heterocycles. The lowest BCUT2D eigenvalue weighted by Gasteiger charge is -2.01. The van der Waals surface area contributed by atoms with E-state index in [-0.39, 0.29) is 22.6 Å². The summed E-state index contributed by atoms with van der Waals surface area (Å²) < 4.78 is 0. The summed E-state index contributed by atoms with van der Waals surface area (Å²) in [6.45, 7) is 0. The Balaban J connectivity index is 1.83. The van der Waals surface area contributed by atoms with E-state index in [0.717, 1.165) is 12.4 Å². The van der Waals surface area contributed by atoms with Crippen LogP contribution in [-0.2, 0) is 0 Å². The topological polar surface area (TPSA) is 123 Å². The van der Waals surface area contributed by atoms with Gasteiger partial charge < -0.3 is 10.2 Å². The molecule has 24 heavy (non-hydrogen) atoms. The molecule has 0 atom stereocenters. The number of phenols is 2. The number of hydrogen-bond acceptors (Lipinski definition) is 6. The molecule has 0 radical (unpaired) electrons. The Hall–Kier alpha value is -3.68. The summed E-state index contributed by atoms with van der Waals surface area (Å²) in [6.07, 6.45) is 2.28. The fourth-order valence-corrected chi connectivity index (χ4v) is 1.71. The number of carbonyl (C=O) groups excluding carboxylic acids is 2. The van der Waals surface area contributed by atoms with Crippen LogP contribution in [-0.4, -0.2) is 34.5 Å². The Kier molecular flexibility index (Phi) is 5.62. The van der Waals surface area contributed by atoms with Crippen LogP contribution in [0.1, 0.15) is 20.7 Å². The van der Waals surface area contributed by atoms with Crippen molar-refractivity contribution >= 4 is 24.2 Å². The average molecular weight is 326 g/mol. The van der Waals surface area contributed by atoms with Gasteiger partial charge in [0.15, 0.2) is 0 Å². The minimum absolute atomic E-state index is 0.0828. The van der Waals surface area contributed by atoms with E-state index in [0.29, 0.717) is 0 Å². The van der Waals surface area contributed by atoms with Crippen LogP contribution < -0.4 is 10.9 Å². The highest BCUT2D eigenvalue weighted by atomic mass is 16.3. The summed E-state index contributed by atoms with van der Waals surface area (Å²) in [5, 5.41) is 26.2. The van der Waals surface area contributed by atoms with Gasteiger partial charge in [-0.3, -0.25) is 9.59 Å². The molecule has 2 aromatic carbocycles. The van der Waals surface area contributed by atoms with E-state index >= 15 is 0 Å². The minimum atomic E-state index is -0.587. The standard InChI is InChI=1S/C16H14N4O4/c21-13-7-3-1-5-11(13)15(23)19-17-9-10-18-20-16(24)12-6-2-4-8-14(12)22/h1-10,21-22H,(H,19,23)(H,20,24)/b17-9+,18-10+. The van der Waals surface area contributed by atoms with Crippen LogP contribution in [0.15, 0.2) is 58.7 Å². The number of aromatic hydroxyl groups is 2. The van der Waals surface area contributed by atoms with Crippen LogP contribution in [0.5, 0.6) is 11.5 Å². The number of amides is 2. The Morgan fingerprint density at radius 3 is 1.50 bits per heavy atom. The Morgan fingerprint density at radius 1 is 0.750 bits per heavy atom. The number of nitrogens with one attached hydrogen (secondary N) is 2. The SMILES string of the molecule is O=C(N/N=C/C=N/NC(=O)c1ccccc1O)c1ccccc1O. The third kappa shape index (κ3) is 4.41. The van der Waals surface area contributed by atoms with E-state index in [1.165, 1.54) is 24.3 Å². The number of hydrogen-bond donors (Lipinski definition) is 4. The molecule has 0 bridgehead atoms. The van der Waals surface area contributed by atoms with Crippen molar-refractivity contribution in [1.29, 1.82) is 0 Å². The second-order valence-electron chi connectivity index (χ2n) is 4.47. The normalized spacial score (nSPS) is 10.8. The summed E-state index contributed by atoms with van der Waals surface area (Å²) in [6, 6.07) is 12.1. The number of nitrogens with zero attached hydrogens (tertiary/aromatic N) is 2. The van der Waals surface area contributed by atoms with Crippen LogP contribution in [0, 0.1) is 0 Å². The van der Waals surface area contributed by atoms with E-state index in [9.17, 15) is 19.8 Å². The molecular weight excluding hydrogens is 312 g/mol. The van der Waals surface area contributed by atoms with E-state index in [4.69, 9.17) is 0 Å². The highest BCUT2D eigenvalue weighted by Gasteiger charge is 2.09. The van der Waals surface area contributed by atoms with Gasteiger partial charge in [0, 0.05) is 0 Å². The first kappa shape index (κ1) is 16.7. The van der Waals surface area contributed by atoms with Gasteiger partial charge in [0.1, 0.15) is 11.5 Å². The van der Waals surface area contributed by atoms with Crippen molar-refractivity contribution in [3.8, 4) is 11.5 Å². The maximum atomic E-state index is 11.7. The monoisotopic (exact) mass is 326 g/mol. The lowest BCUT2D eigenvalue weighted by Crippen LogP contribution is -2.19. The quantitative estimate of drug-likeness (QED) is 0.487. The van der Waals surface area contributed by atoms with Crippen molar-refractivity contribution in [2.75, 3.05) is 0 Å². The molecule has 0 aliphatic heterocycles. The molecule has 0 saturated carbocycles. The van der Waals surface area contributed by atoms with Gasteiger partial charge in [-0.25, -0.2) is 10.9 Å². The molecule has 0 aliphatic carbocycles. The van der Waals surface area contributed by atoms with Crippen molar-refractivity contribution in [2.45, 2.75) is 0 Å². The van der Waals surface area contributed by atoms with Crippen molar-refractivity contribution < 1.29 is 19.8 Å². The van der Waals surface area contributed by atoms with E-state index < -0.39 is 11.8 Å². The molecule has 0 fully saturated rings. The molecule has 8 heteroatoms. The van der Waals surface area contributed by atoms with Gasteiger partial charge in [-0.05, 0) is 24.3 Å². The van der Waals surface area contributed by atoms with Gasteiger partial charge in [-0.1, -0.05) is 24.3 Å². The zero-order valence-corrected chi connectivity index (χ0v) is 12.4. The Morgan fingerprint density at radius 2 is 1.12 bits per heavy atom. The Bertz CT molecular complexity index is 735.